The highest BCUT2D eigenvalue weighted by Gasteiger charge is 1.96. The predicted octanol–water partition coefficient (Wildman–Crippen LogP) is 2.51. The van der Waals surface area contributed by atoms with Crippen LogP contribution in [0.15, 0.2) is 19.0 Å². The van der Waals surface area contributed by atoms with E-state index in [1.807, 2.05) is 12.4 Å². The molecule has 0 aromatic carbocycles. The van der Waals surface area contributed by atoms with Gasteiger partial charge in [0.05, 0.1) is 6.20 Å². The molecule has 0 spiro atoms. The van der Waals surface area contributed by atoms with Crippen LogP contribution < -0.4 is 5.32 Å². The van der Waals surface area contributed by atoms with Crippen LogP contribution in [0.4, 0.5) is 0 Å². The molecule has 0 atom stereocenters. The molecule has 0 radical (unpaired) electrons. The smallest absolute Gasteiger partial charge is 0.0538 e. The third-order valence-corrected chi connectivity index (χ3v) is 2.31. The van der Waals surface area contributed by atoms with Crippen molar-refractivity contribution in [2.75, 3.05) is 6.54 Å². The first kappa shape index (κ1) is 12.0. The average molecular weight is 207 g/mol. The number of aromatic nitrogens is 2. The van der Waals surface area contributed by atoms with Crippen LogP contribution in [0.1, 0.15) is 32.3 Å². The lowest BCUT2D eigenvalue weighted by Crippen LogP contribution is -2.14. The van der Waals surface area contributed by atoms with Gasteiger partial charge in [-0.2, -0.15) is 5.10 Å². The molecular weight excluding hydrogens is 186 g/mol. The molecule has 1 heterocycles. The molecule has 1 aromatic heterocycles. The fourth-order valence-electron chi connectivity index (χ4n) is 1.44. The summed E-state index contributed by atoms with van der Waals surface area (Å²) >= 11 is 0. The lowest BCUT2D eigenvalue weighted by Gasteiger charge is -2.05. The van der Waals surface area contributed by atoms with Crippen molar-refractivity contribution in [1.29, 1.82) is 0 Å². The van der Waals surface area contributed by atoms with Gasteiger partial charge in [-0.3, -0.25) is 0 Å². The van der Waals surface area contributed by atoms with E-state index in [0.29, 0.717) is 0 Å². The summed E-state index contributed by atoms with van der Waals surface area (Å²) in [7, 11) is 0. The Balaban J connectivity index is 2.12. The Morgan fingerprint density at radius 2 is 2.40 bits per heavy atom. The lowest BCUT2D eigenvalue weighted by molar-refractivity contribution is 0.527. The van der Waals surface area contributed by atoms with Crippen LogP contribution in [0.3, 0.4) is 0 Å². The molecule has 0 aliphatic carbocycles. The first-order chi connectivity index (χ1) is 7.22. The van der Waals surface area contributed by atoms with E-state index in [-0.39, 0.29) is 0 Å². The summed E-state index contributed by atoms with van der Waals surface area (Å²) in [5.41, 5.74) is 1.21. The standard InChI is InChI=1S/C12H21N3/c1-4-15-10-12(9-14-15)8-13-7-5-6-11(2)3/h4,9-11,13H,1,5-8H2,2-3H3. The van der Waals surface area contributed by atoms with Crippen molar-refractivity contribution in [1.82, 2.24) is 15.1 Å². The topological polar surface area (TPSA) is 29.9 Å². The second-order valence-electron chi connectivity index (χ2n) is 4.22. The average Bonchev–Trinajstić information content (AvgIpc) is 2.65. The first-order valence-electron chi connectivity index (χ1n) is 5.58. The summed E-state index contributed by atoms with van der Waals surface area (Å²) in [4.78, 5) is 0. The summed E-state index contributed by atoms with van der Waals surface area (Å²) in [6, 6.07) is 0. The maximum atomic E-state index is 4.12. The fourth-order valence-corrected chi connectivity index (χ4v) is 1.44. The first-order valence-corrected chi connectivity index (χ1v) is 5.58. The van der Waals surface area contributed by atoms with E-state index < -0.39 is 0 Å². The molecule has 0 unspecified atom stereocenters. The van der Waals surface area contributed by atoms with Crippen molar-refractivity contribution in [2.24, 2.45) is 5.92 Å². The molecule has 1 N–H and O–H groups in total. The van der Waals surface area contributed by atoms with Gasteiger partial charge in [-0.25, -0.2) is 4.68 Å². The number of hydrogen-bond donors (Lipinski definition) is 1. The van der Waals surface area contributed by atoms with Crippen LogP contribution >= 0.6 is 0 Å². The van der Waals surface area contributed by atoms with E-state index in [9.17, 15) is 0 Å². The van der Waals surface area contributed by atoms with Crippen molar-refractivity contribution < 1.29 is 0 Å². The van der Waals surface area contributed by atoms with E-state index in [1.165, 1.54) is 18.4 Å². The second-order valence-corrected chi connectivity index (χ2v) is 4.22. The lowest BCUT2D eigenvalue weighted by atomic mass is 10.1. The maximum Gasteiger partial charge on any atom is 0.0538 e. The van der Waals surface area contributed by atoms with E-state index in [1.54, 1.807) is 10.9 Å². The van der Waals surface area contributed by atoms with Crippen LogP contribution in [-0.4, -0.2) is 16.3 Å². The Labute approximate surface area is 92.2 Å². The van der Waals surface area contributed by atoms with Crippen LogP contribution in [0.2, 0.25) is 0 Å². The molecule has 0 saturated heterocycles. The highest BCUT2D eigenvalue weighted by atomic mass is 15.2. The molecule has 0 aliphatic heterocycles. The Morgan fingerprint density at radius 3 is 3.00 bits per heavy atom. The van der Waals surface area contributed by atoms with Crippen molar-refractivity contribution in [3.63, 3.8) is 0 Å². The Bertz CT molecular complexity index is 289. The van der Waals surface area contributed by atoms with Gasteiger partial charge >= 0.3 is 0 Å². The molecule has 1 rings (SSSR count). The molecule has 0 amide bonds. The largest absolute Gasteiger partial charge is 0.313 e. The van der Waals surface area contributed by atoms with Gasteiger partial charge in [-0.1, -0.05) is 20.4 Å². The molecule has 3 nitrogen and oxygen atoms in total. The van der Waals surface area contributed by atoms with Crippen LogP contribution in [0.25, 0.3) is 6.20 Å². The Hall–Kier alpha value is -1.09. The van der Waals surface area contributed by atoms with Gasteiger partial charge in [-0.15, -0.1) is 0 Å². The molecule has 3 heteroatoms. The molecule has 15 heavy (non-hydrogen) atoms. The van der Waals surface area contributed by atoms with Crippen molar-refractivity contribution in [2.45, 2.75) is 33.2 Å². The number of nitrogens with one attached hydrogen (secondary N) is 1. The van der Waals surface area contributed by atoms with Gasteiger partial charge < -0.3 is 5.32 Å². The van der Waals surface area contributed by atoms with Gasteiger partial charge in [0.1, 0.15) is 0 Å². The zero-order chi connectivity index (χ0) is 11.1. The Kier molecular flexibility index (Phi) is 5.12. The van der Waals surface area contributed by atoms with Gasteiger partial charge in [0.2, 0.25) is 0 Å². The van der Waals surface area contributed by atoms with Gasteiger partial charge in [0.15, 0.2) is 0 Å². The van der Waals surface area contributed by atoms with E-state index in [4.69, 9.17) is 0 Å². The highest BCUT2D eigenvalue weighted by molar-refractivity contribution is 5.17. The summed E-state index contributed by atoms with van der Waals surface area (Å²) in [5, 5.41) is 7.53. The third-order valence-electron chi connectivity index (χ3n) is 2.31. The molecule has 84 valence electrons. The molecule has 0 fully saturated rings. The van der Waals surface area contributed by atoms with Crippen LogP contribution in [0.5, 0.6) is 0 Å². The zero-order valence-electron chi connectivity index (χ0n) is 9.74. The predicted molar refractivity (Wildman–Crippen MR) is 64.4 cm³/mol. The highest BCUT2D eigenvalue weighted by Crippen LogP contribution is 2.02. The normalized spacial score (nSPS) is 10.9. The maximum absolute atomic E-state index is 4.12. The zero-order valence-corrected chi connectivity index (χ0v) is 9.74. The monoisotopic (exact) mass is 207 g/mol. The molecular formula is C12H21N3. The summed E-state index contributed by atoms with van der Waals surface area (Å²) < 4.78 is 1.73. The number of hydrogen-bond acceptors (Lipinski definition) is 2. The molecule has 0 aliphatic rings. The summed E-state index contributed by atoms with van der Waals surface area (Å²) in [6.07, 6.45) is 8.09. The Morgan fingerprint density at radius 1 is 1.60 bits per heavy atom. The fraction of sp³-hybridized carbons (Fsp3) is 0.583. The molecule has 1 aromatic rings. The molecule has 0 bridgehead atoms. The minimum Gasteiger partial charge on any atom is -0.313 e. The summed E-state index contributed by atoms with van der Waals surface area (Å²) in [6.45, 7) is 10.1. The van der Waals surface area contributed by atoms with E-state index in [0.717, 1.165) is 19.0 Å². The number of rotatable bonds is 7. The van der Waals surface area contributed by atoms with Gasteiger partial charge in [0, 0.05) is 24.5 Å². The summed E-state index contributed by atoms with van der Waals surface area (Å²) in [5.74, 6) is 0.801. The van der Waals surface area contributed by atoms with E-state index in [2.05, 4.69) is 30.8 Å². The van der Waals surface area contributed by atoms with Crippen molar-refractivity contribution in [3.8, 4) is 0 Å². The minimum atomic E-state index is 0.801. The second kappa shape index (κ2) is 6.40. The minimum absolute atomic E-state index is 0.801. The third kappa shape index (κ3) is 4.79. The quantitative estimate of drug-likeness (QED) is 0.696. The molecule has 0 saturated carbocycles. The number of nitrogens with zero attached hydrogens (tertiary/aromatic N) is 2. The van der Waals surface area contributed by atoms with Crippen LogP contribution in [0, 0.1) is 5.92 Å². The van der Waals surface area contributed by atoms with Gasteiger partial charge in [0.25, 0.3) is 0 Å². The van der Waals surface area contributed by atoms with Crippen molar-refractivity contribution >= 4 is 6.20 Å². The SMILES string of the molecule is C=Cn1cc(CNCCCC(C)C)cn1. The van der Waals surface area contributed by atoms with Crippen LogP contribution in [-0.2, 0) is 6.54 Å². The van der Waals surface area contributed by atoms with Gasteiger partial charge in [-0.05, 0) is 25.3 Å². The van der Waals surface area contributed by atoms with E-state index >= 15 is 0 Å². The van der Waals surface area contributed by atoms with Crippen molar-refractivity contribution in [3.05, 3.63) is 24.5 Å².